The highest BCUT2D eigenvalue weighted by Gasteiger charge is 2.12. The largest absolute Gasteiger partial charge is 0.342 e. The molecule has 0 amide bonds. The van der Waals surface area contributed by atoms with Gasteiger partial charge >= 0.3 is 0 Å². The lowest BCUT2D eigenvalue weighted by Gasteiger charge is -2.06. The zero-order valence-electron chi connectivity index (χ0n) is 9.64. The molecule has 0 aliphatic carbocycles. The van der Waals surface area contributed by atoms with Crippen LogP contribution >= 0.6 is 12.2 Å². The van der Waals surface area contributed by atoms with Gasteiger partial charge in [-0.3, -0.25) is 4.40 Å². The van der Waals surface area contributed by atoms with Crippen LogP contribution in [0, 0.1) is 4.64 Å². The molecule has 0 radical (unpaired) electrons. The van der Waals surface area contributed by atoms with Crippen LogP contribution in [0.1, 0.15) is 25.6 Å². The Hall–Kier alpha value is -1.75. The van der Waals surface area contributed by atoms with Crippen molar-refractivity contribution in [3.8, 4) is 0 Å². The van der Waals surface area contributed by atoms with E-state index < -0.39 is 0 Å². The zero-order chi connectivity index (χ0) is 12.0. The summed E-state index contributed by atoms with van der Waals surface area (Å²) in [6.07, 6.45) is 0. The Morgan fingerprint density at radius 3 is 2.76 bits per heavy atom. The monoisotopic (exact) mass is 244 g/mol. The van der Waals surface area contributed by atoms with Gasteiger partial charge < -0.3 is 4.98 Å². The minimum absolute atomic E-state index is 0.310. The van der Waals surface area contributed by atoms with E-state index in [1.807, 2.05) is 28.7 Å². The number of fused-ring (bicyclic) bond motifs is 3. The number of H-pyrrole nitrogens is 1. The molecule has 0 unspecified atom stereocenters. The number of aromatic amines is 1. The van der Waals surface area contributed by atoms with Crippen molar-refractivity contribution in [2.24, 2.45) is 0 Å². The lowest BCUT2D eigenvalue weighted by molar-refractivity contribution is 0.765. The van der Waals surface area contributed by atoms with Crippen LogP contribution in [-0.2, 0) is 0 Å². The van der Waals surface area contributed by atoms with Gasteiger partial charge in [0.15, 0.2) is 5.65 Å². The predicted octanol–water partition coefficient (Wildman–Crippen LogP) is 3.06. The maximum atomic E-state index is 5.30. The number of hydrogen-bond donors (Lipinski definition) is 1. The van der Waals surface area contributed by atoms with Crippen molar-refractivity contribution in [2.45, 2.75) is 19.8 Å². The fraction of sp³-hybridized carbons (Fsp3) is 0.250. The van der Waals surface area contributed by atoms with E-state index in [2.05, 4.69) is 29.0 Å². The van der Waals surface area contributed by atoms with Crippen LogP contribution in [0.15, 0.2) is 24.3 Å². The van der Waals surface area contributed by atoms with Crippen molar-refractivity contribution in [1.29, 1.82) is 0 Å². The number of aromatic nitrogens is 4. The summed E-state index contributed by atoms with van der Waals surface area (Å²) in [6, 6.07) is 8.04. The molecule has 5 heteroatoms. The summed E-state index contributed by atoms with van der Waals surface area (Å²) in [7, 11) is 0. The van der Waals surface area contributed by atoms with Crippen molar-refractivity contribution >= 4 is 28.9 Å². The zero-order valence-corrected chi connectivity index (χ0v) is 10.5. The van der Waals surface area contributed by atoms with Gasteiger partial charge in [0.2, 0.25) is 0 Å². The van der Waals surface area contributed by atoms with Crippen LogP contribution in [0.3, 0.4) is 0 Å². The summed E-state index contributed by atoms with van der Waals surface area (Å²) in [5, 5.41) is 8.40. The Kier molecular flexibility index (Phi) is 2.22. The standard InChI is InChI=1S/C12H12N4S/c1-7(2)10-14-15-11-12(17)13-8-5-3-4-6-9(8)16(10)11/h3-7H,1-2H3,(H,13,17). The van der Waals surface area contributed by atoms with Gasteiger partial charge in [0.1, 0.15) is 10.5 Å². The van der Waals surface area contributed by atoms with E-state index in [0.717, 1.165) is 22.5 Å². The molecule has 0 atom stereocenters. The van der Waals surface area contributed by atoms with Gasteiger partial charge in [-0.15, -0.1) is 10.2 Å². The maximum absolute atomic E-state index is 5.30. The lowest BCUT2D eigenvalue weighted by atomic mass is 10.2. The van der Waals surface area contributed by atoms with E-state index in [-0.39, 0.29) is 0 Å². The molecule has 1 aromatic carbocycles. The SMILES string of the molecule is CC(C)c1nnc2c(=S)[nH]c3ccccc3n12. The van der Waals surface area contributed by atoms with Crippen molar-refractivity contribution < 1.29 is 0 Å². The summed E-state index contributed by atoms with van der Waals surface area (Å²) in [5.41, 5.74) is 2.79. The van der Waals surface area contributed by atoms with E-state index in [4.69, 9.17) is 12.2 Å². The van der Waals surface area contributed by atoms with Crippen LogP contribution in [0.5, 0.6) is 0 Å². The molecule has 0 aliphatic heterocycles. The molecule has 2 heterocycles. The van der Waals surface area contributed by atoms with E-state index in [1.54, 1.807) is 0 Å². The van der Waals surface area contributed by atoms with Crippen molar-refractivity contribution in [1.82, 2.24) is 19.6 Å². The maximum Gasteiger partial charge on any atom is 0.196 e. The first-order valence-corrected chi connectivity index (χ1v) is 5.95. The van der Waals surface area contributed by atoms with Gasteiger partial charge in [-0.05, 0) is 12.1 Å². The molecular weight excluding hydrogens is 232 g/mol. The Labute approximate surface area is 103 Å². The predicted molar refractivity (Wildman–Crippen MR) is 69.8 cm³/mol. The van der Waals surface area contributed by atoms with Crippen LogP contribution in [0.25, 0.3) is 16.7 Å². The molecule has 4 nitrogen and oxygen atoms in total. The summed E-state index contributed by atoms with van der Waals surface area (Å²) < 4.78 is 2.67. The molecule has 3 rings (SSSR count). The molecule has 0 saturated heterocycles. The van der Waals surface area contributed by atoms with Crippen LogP contribution in [0.2, 0.25) is 0 Å². The Balaban J connectivity index is 2.61. The second-order valence-corrected chi connectivity index (χ2v) is 4.75. The number of nitrogens with one attached hydrogen (secondary N) is 1. The second kappa shape index (κ2) is 3.63. The number of benzene rings is 1. The summed E-state index contributed by atoms with van der Waals surface area (Å²) >= 11 is 5.30. The van der Waals surface area contributed by atoms with Crippen molar-refractivity contribution in [3.05, 3.63) is 34.7 Å². The van der Waals surface area contributed by atoms with Crippen LogP contribution in [-0.4, -0.2) is 19.6 Å². The van der Waals surface area contributed by atoms with Gasteiger partial charge in [-0.2, -0.15) is 0 Å². The average molecular weight is 244 g/mol. The van der Waals surface area contributed by atoms with Gasteiger partial charge in [-0.25, -0.2) is 0 Å². The molecule has 17 heavy (non-hydrogen) atoms. The number of hydrogen-bond acceptors (Lipinski definition) is 3. The topological polar surface area (TPSA) is 46.0 Å². The summed E-state index contributed by atoms with van der Waals surface area (Å²) in [5.74, 6) is 1.25. The summed E-state index contributed by atoms with van der Waals surface area (Å²) in [6.45, 7) is 4.20. The molecule has 0 aliphatic rings. The molecule has 2 aromatic heterocycles. The van der Waals surface area contributed by atoms with E-state index in [1.165, 1.54) is 0 Å². The minimum atomic E-state index is 0.310. The van der Waals surface area contributed by atoms with Crippen molar-refractivity contribution in [2.75, 3.05) is 0 Å². The molecule has 0 spiro atoms. The van der Waals surface area contributed by atoms with E-state index in [0.29, 0.717) is 10.6 Å². The molecule has 0 fully saturated rings. The fourth-order valence-electron chi connectivity index (χ4n) is 2.01. The smallest absolute Gasteiger partial charge is 0.196 e. The minimum Gasteiger partial charge on any atom is -0.342 e. The molecule has 86 valence electrons. The molecular formula is C12H12N4S. The van der Waals surface area contributed by atoms with E-state index in [9.17, 15) is 0 Å². The highest BCUT2D eigenvalue weighted by atomic mass is 32.1. The Bertz CT molecular complexity index is 754. The second-order valence-electron chi connectivity index (χ2n) is 4.34. The normalized spacial score (nSPS) is 11.7. The quantitative estimate of drug-likeness (QED) is 0.669. The molecule has 1 N–H and O–H groups in total. The van der Waals surface area contributed by atoms with Crippen molar-refractivity contribution in [3.63, 3.8) is 0 Å². The van der Waals surface area contributed by atoms with Crippen LogP contribution in [0.4, 0.5) is 0 Å². The summed E-state index contributed by atoms with van der Waals surface area (Å²) in [4.78, 5) is 3.18. The Morgan fingerprint density at radius 2 is 2.00 bits per heavy atom. The van der Waals surface area contributed by atoms with Gasteiger partial charge in [0.25, 0.3) is 0 Å². The average Bonchev–Trinajstić information content (AvgIpc) is 2.74. The highest BCUT2D eigenvalue weighted by molar-refractivity contribution is 7.71. The fourth-order valence-corrected chi connectivity index (χ4v) is 2.25. The molecule has 0 saturated carbocycles. The highest BCUT2D eigenvalue weighted by Crippen LogP contribution is 2.20. The first kappa shape index (κ1) is 10.4. The van der Waals surface area contributed by atoms with Crippen LogP contribution < -0.4 is 0 Å². The molecule has 3 aromatic rings. The van der Waals surface area contributed by atoms with Gasteiger partial charge in [-0.1, -0.05) is 38.2 Å². The lowest BCUT2D eigenvalue weighted by Crippen LogP contribution is -1.99. The first-order chi connectivity index (χ1) is 8.18. The number of nitrogens with zero attached hydrogens (tertiary/aromatic N) is 3. The van der Waals surface area contributed by atoms with Gasteiger partial charge in [0.05, 0.1) is 11.0 Å². The first-order valence-electron chi connectivity index (χ1n) is 5.54. The molecule has 0 bridgehead atoms. The van der Waals surface area contributed by atoms with Gasteiger partial charge in [0, 0.05) is 5.92 Å². The van der Waals surface area contributed by atoms with E-state index >= 15 is 0 Å². The number of para-hydroxylation sites is 2. The number of rotatable bonds is 1. The third-order valence-electron chi connectivity index (χ3n) is 2.80. The third-order valence-corrected chi connectivity index (χ3v) is 3.09. The Morgan fingerprint density at radius 1 is 1.24 bits per heavy atom. The third kappa shape index (κ3) is 1.46.